The molecule has 2 aromatic heterocycles. The second-order valence-corrected chi connectivity index (χ2v) is 8.90. The third-order valence-corrected chi connectivity index (χ3v) is 5.59. The summed E-state index contributed by atoms with van der Waals surface area (Å²) in [6, 6.07) is 18.3. The summed E-state index contributed by atoms with van der Waals surface area (Å²) in [5.74, 6) is -0.995. The van der Waals surface area contributed by atoms with Crippen LogP contribution in [0.4, 0.5) is 0 Å². The molecular weight excluding hydrogens is 484 g/mol. The number of benzene rings is 2. The van der Waals surface area contributed by atoms with Crippen molar-refractivity contribution < 1.29 is 18.4 Å². The van der Waals surface area contributed by atoms with Crippen molar-refractivity contribution in [2.45, 2.75) is 27.7 Å². The fourth-order valence-corrected chi connectivity index (χ4v) is 3.86. The summed E-state index contributed by atoms with van der Waals surface area (Å²) in [6.07, 6.45) is 0. The lowest BCUT2D eigenvalue weighted by atomic mass is 10.0. The molecular formula is C28H28N6O4. The van der Waals surface area contributed by atoms with Gasteiger partial charge >= 0.3 is 5.91 Å². The molecule has 194 valence electrons. The molecule has 10 nitrogen and oxygen atoms in total. The van der Waals surface area contributed by atoms with Crippen LogP contribution < -0.4 is 21.9 Å². The Morgan fingerprint density at radius 2 is 1.45 bits per heavy atom. The van der Waals surface area contributed by atoms with Gasteiger partial charge in [-0.3, -0.25) is 31.2 Å². The number of carbonyl (C=O) groups excluding carboxylic acids is 2. The number of aliphatic imine (C=N–C) groups is 1. The van der Waals surface area contributed by atoms with E-state index in [1.807, 2.05) is 64.1 Å². The number of amides is 2. The van der Waals surface area contributed by atoms with Gasteiger partial charge in [-0.25, -0.2) is 0 Å². The first-order chi connectivity index (χ1) is 18.1. The Hall–Kier alpha value is -5.12. The number of rotatable bonds is 4. The second-order valence-electron chi connectivity index (χ2n) is 8.90. The second kappa shape index (κ2) is 10.9. The first-order valence-electron chi connectivity index (χ1n) is 11.8. The minimum Gasteiger partial charge on any atom is -0.451 e. The van der Waals surface area contributed by atoms with Gasteiger partial charge in [-0.05, 0) is 75.7 Å². The molecule has 4 rings (SSSR count). The van der Waals surface area contributed by atoms with Crippen molar-refractivity contribution in [2.24, 2.45) is 10.7 Å². The molecule has 2 heterocycles. The Morgan fingerprint density at radius 1 is 0.789 bits per heavy atom. The van der Waals surface area contributed by atoms with E-state index >= 15 is 0 Å². The van der Waals surface area contributed by atoms with Gasteiger partial charge in [0.25, 0.3) is 5.91 Å². The van der Waals surface area contributed by atoms with Crippen LogP contribution in [0.1, 0.15) is 43.4 Å². The number of guanidine groups is 2. The van der Waals surface area contributed by atoms with Gasteiger partial charge < -0.3 is 14.6 Å². The van der Waals surface area contributed by atoms with Crippen LogP contribution in [0.5, 0.6) is 0 Å². The number of nitrogens with one attached hydrogen (secondary N) is 4. The summed E-state index contributed by atoms with van der Waals surface area (Å²) >= 11 is 0. The number of carbonyl (C=O) groups is 2. The molecule has 0 saturated heterocycles. The minimum atomic E-state index is -0.711. The van der Waals surface area contributed by atoms with Crippen molar-refractivity contribution >= 4 is 23.7 Å². The molecule has 6 N–H and O–H groups in total. The number of nitrogens with two attached hydrogens (primary N) is 1. The van der Waals surface area contributed by atoms with E-state index in [2.05, 4.69) is 21.2 Å². The third kappa shape index (κ3) is 6.16. The highest BCUT2D eigenvalue weighted by Gasteiger charge is 2.16. The minimum absolute atomic E-state index is 0.00441. The van der Waals surface area contributed by atoms with Crippen molar-refractivity contribution in [1.29, 1.82) is 5.41 Å². The average molecular weight is 513 g/mol. The quantitative estimate of drug-likeness (QED) is 0.154. The number of hydrazine groups is 1. The van der Waals surface area contributed by atoms with Crippen molar-refractivity contribution in [2.75, 3.05) is 0 Å². The van der Waals surface area contributed by atoms with Crippen LogP contribution in [0.15, 0.2) is 74.5 Å². The van der Waals surface area contributed by atoms with Crippen molar-refractivity contribution in [3.8, 4) is 22.6 Å². The zero-order valence-corrected chi connectivity index (χ0v) is 21.4. The number of hydrogen-bond donors (Lipinski definition) is 5. The van der Waals surface area contributed by atoms with E-state index in [0.717, 1.165) is 33.4 Å². The van der Waals surface area contributed by atoms with Crippen molar-refractivity contribution in [3.05, 3.63) is 94.4 Å². The zero-order valence-electron chi connectivity index (χ0n) is 21.4. The van der Waals surface area contributed by atoms with E-state index in [4.69, 9.17) is 20.0 Å². The Labute approximate surface area is 219 Å². The number of hydrogen-bond acceptors (Lipinski definition) is 5. The maximum absolute atomic E-state index is 12.5. The Balaban J connectivity index is 1.32. The summed E-state index contributed by atoms with van der Waals surface area (Å²) in [5.41, 5.74) is 16.4. The molecule has 4 aromatic rings. The van der Waals surface area contributed by atoms with Crippen LogP contribution in [-0.2, 0) is 0 Å². The number of aryl methyl sites for hydroxylation is 4. The molecule has 0 saturated carbocycles. The molecule has 10 heteroatoms. The lowest BCUT2D eigenvalue weighted by Gasteiger charge is -2.10. The van der Waals surface area contributed by atoms with Crippen molar-refractivity contribution in [1.82, 2.24) is 16.2 Å². The summed E-state index contributed by atoms with van der Waals surface area (Å²) in [4.78, 5) is 28.6. The molecule has 2 amide bonds. The van der Waals surface area contributed by atoms with Gasteiger partial charge in [0, 0.05) is 11.1 Å². The summed E-state index contributed by atoms with van der Waals surface area (Å²) in [6.45, 7) is 7.88. The van der Waals surface area contributed by atoms with E-state index in [-0.39, 0.29) is 17.5 Å². The molecule has 0 aliphatic carbocycles. The van der Waals surface area contributed by atoms with E-state index in [1.54, 1.807) is 12.1 Å². The normalized spacial score (nSPS) is 11.2. The van der Waals surface area contributed by atoms with E-state index in [1.165, 1.54) is 12.1 Å². The molecule has 0 aliphatic heterocycles. The molecule has 2 aromatic carbocycles. The van der Waals surface area contributed by atoms with Crippen LogP contribution in [0.2, 0.25) is 0 Å². The molecule has 0 atom stereocenters. The van der Waals surface area contributed by atoms with Crippen LogP contribution in [-0.4, -0.2) is 23.7 Å². The highest BCUT2D eigenvalue weighted by Crippen LogP contribution is 2.27. The molecule has 0 radical (unpaired) electrons. The topological polar surface area (TPSA) is 159 Å². The SMILES string of the molecule is Cc1cc(C)cc(-c2ccc(C(=O)N=C(N)NNC(=N)NC(=O)c3ccc(-c4cc(C)ccc4C)o3)o2)c1. The molecule has 0 spiro atoms. The van der Waals surface area contributed by atoms with Gasteiger partial charge in [0.2, 0.25) is 11.9 Å². The number of furan rings is 2. The van der Waals surface area contributed by atoms with E-state index in [0.29, 0.717) is 11.5 Å². The van der Waals surface area contributed by atoms with Gasteiger partial charge in [-0.15, -0.1) is 0 Å². The lowest BCUT2D eigenvalue weighted by molar-refractivity contribution is 0.0946. The van der Waals surface area contributed by atoms with Crippen LogP contribution >= 0.6 is 0 Å². The predicted octanol–water partition coefficient (Wildman–Crippen LogP) is 4.35. The standard InChI is InChI=1S/C28H28N6O4/c1-15-5-6-18(4)20(14-15)22-8-10-24(38-22)26(36)32-28(30)34-33-27(29)31-25(35)23-9-7-21(37-23)19-12-16(2)11-17(3)13-19/h5-14H,1-4H3,(H3,29,31,33,35)(H3,30,32,34,36). The highest BCUT2D eigenvalue weighted by atomic mass is 16.4. The van der Waals surface area contributed by atoms with Gasteiger partial charge in [-0.1, -0.05) is 34.9 Å². The monoisotopic (exact) mass is 512 g/mol. The first kappa shape index (κ1) is 26.0. The lowest BCUT2D eigenvalue weighted by Crippen LogP contribution is -2.51. The largest absolute Gasteiger partial charge is 0.451 e. The fourth-order valence-electron chi connectivity index (χ4n) is 3.86. The first-order valence-corrected chi connectivity index (χ1v) is 11.8. The average Bonchev–Trinajstić information content (AvgIpc) is 3.54. The number of nitrogens with zero attached hydrogens (tertiary/aromatic N) is 1. The fraction of sp³-hybridized carbons (Fsp3) is 0.143. The third-order valence-electron chi connectivity index (χ3n) is 5.59. The predicted molar refractivity (Wildman–Crippen MR) is 145 cm³/mol. The van der Waals surface area contributed by atoms with E-state index < -0.39 is 17.8 Å². The molecule has 0 bridgehead atoms. The smallest absolute Gasteiger partial charge is 0.315 e. The summed E-state index contributed by atoms with van der Waals surface area (Å²) in [7, 11) is 0. The molecule has 0 fully saturated rings. The Kier molecular flexibility index (Phi) is 7.43. The highest BCUT2D eigenvalue weighted by molar-refractivity contribution is 6.04. The van der Waals surface area contributed by atoms with Crippen molar-refractivity contribution in [3.63, 3.8) is 0 Å². The molecule has 0 aliphatic rings. The Morgan fingerprint density at radius 3 is 2.18 bits per heavy atom. The zero-order chi connectivity index (χ0) is 27.4. The maximum Gasteiger partial charge on any atom is 0.315 e. The van der Waals surface area contributed by atoms with Crippen LogP contribution in [0.25, 0.3) is 22.6 Å². The van der Waals surface area contributed by atoms with Gasteiger partial charge in [0.1, 0.15) is 11.5 Å². The van der Waals surface area contributed by atoms with Gasteiger partial charge in [0.15, 0.2) is 11.5 Å². The summed E-state index contributed by atoms with van der Waals surface area (Å²) in [5, 5.41) is 10.2. The van der Waals surface area contributed by atoms with Crippen LogP contribution in [0, 0.1) is 33.1 Å². The molecule has 0 unspecified atom stereocenters. The van der Waals surface area contributed by atoms with Gasteiger partial charge in [0.05, 0.1) is 0 Å². The molecule has 38 heavy (non-hydrogen) atoms. The van der Waals surface area contributed by atoms with E-state index in [9.17, 15) is 9.59 Å². The maximum atomic E-state index is 12.5. The van der Waals surface area contributed by atoms with Gasteiger partial charge in [-0.2, -0.15) is 4.99 Å². The Bertz CT molecular complexity index is 1540. The van der Waals surface area contributed by atoms with Crippen LogP contribution in [0.3, 0.4) is 0 Å². The summed E-state index contributed by atoms with van der Waals surface area (Å²) < 4.78 is 11.3.